The zero-order chi connectivity index (χ0) is 18.4. The Bertz CT molecular complexity index is 1120. The van der Waals surface area contributed by atoms with Gasteiger partial charge in [0.25, 0.3) is 0 Å². The third-order valence-electron chi connectivity index (χ3n) is 5.43. The molecule has 3 heterocycles. The summed E-state index contributed by atoms with van der Waals surface area (Å²) in [6.07, 6.45) is 6.71. The number of likely N-dealkylation sites (N-methyl/N-ethyl adjacent to an activating group) is 1. The summed E-state index contributed by atoms with van der Waals surface area (Å²) in [5.41, 5.74) is 5.41. The minimum atomic E-state index is -0.167. The number of aromatic nitrogens is 3. The molecule has 0 saturated carbocycles. The molecule has 4 nitrogen and oxygen atoms in total. The van der Waals surface area contributed by atoms with Crippen LogP contribution in [0.2, 0.25) is 0 Å². The summed E-state index contributed by atoms with van der Waals surface area (Å²) in [7, 11) is 2.04. The molecule has 1 aliphatic rings. The van der Waals surface area contributed by atoms with E-state index in [9.17, 15) is 0 Å². The van der Waals surface area contributed by atoms with Gasteiger partial charge in [-0.15, -0.1) is 0 Å². The zero-order valence-corrected chi connectivity index (χ0v) is 15.0. The number of nitrogens with one attached hydrogen (secondary N) is 1. The van der Waals surface area contributed by atoms with Crippen molar-refractivity contribution >= 4 is 10.9 Å². The monoisotopic (exact) mass is 358 g/mol. The lowest BCUT2D eigenvalue weighted by Crippen LogP contribution is -2.31. The highest BCUT2D eigenvalue weighted by molar-refractivity contribution is 5.80. The summed E-state index contributed by atoms with van der Waals surface area (Å²) in [5, 5.41) is 1.19. The molecule has 5 heteroatoms. The van der Waals surface area contributed by atoms with Crippen molar-refractivity contribution in [2.75, 3.05) is 13.6 Å². The average Bonchev–Trinajstić information content (AvgIpc) is 3.17. The highest BCUT2D eigenvalue weighted by Gasteiger charge is 2.28. The third kappa shape index (κ3) is 2.71. The van der Waals surface area contributed by atoms with E-state index in [1.807, 2.05) is 19.3 Å². The lowest BCUT2D eigenvalue weighted by atomic mass is 9.83. The van der Waals surface area contributed by atoms with Gasteiger partial charge in [-0.1, -0.05) is 24.3 Å². The highest BCUT2D eigenvalue weighted by atomic mass is 19.1. The van der Waals surface area contributed by atoms with Crippen molar-refractivity contribution in [1.29, 1.82) is 0 Å². The molecule has 2 aromatic heterocycles. The van der Waals surface area contributed by atoms with Crippen LogP contribution in [-0.4, -0.2) is 33.4 Å². The molecule has 1 atom stereocenters. The molecule has 0 amide bonds. The summed E-state index contributed by atoms with van der Waals surface area (Å²) in [5.74, 6) is -0.0261. The van der Waals surface area contributed by atoms with Gasteiger partial charge in [-0.2, -0.15) is 0 Å². The molecule has 1 N–H and O–H groups in total. The first kappa shape index (κ1) is 16.1. The first-order valence-corrected chi connectivity index (χ1v) is 9.03. The molecule has 0 saturated heterocycles. The van der Waals surface area contributed by atoms with Crippen LogP contribution in [0.15, 0.2) is 61.3 Å². The van der Waals surface area contributed by atoms with E-state index in [4.69, 9.17) is 0 Å². The first-order valence-electron chi connectivity index (χ1n) is 9.03. The lowest BCUT2D eigenvalue weighted by molar-refractivity contribution is 0.289. The molecular weight excluding hydrogens is 339 g/mol. The van der Waals surface area contributed by atoms with Crippen molar-refractivity contribution in [3.63, 3.8) is 0 Å². The second-order valence-electron chi connectivity index (χ2n) is 7.20. The fourth-order valence-electron chi connectivity index (χ4n) is 4.10. The van der Waals surface area contributed by atoms with Gasteiger partial charge in [-0.3, -0.25) is 0 Å². The molecule has 1 aliphatic heterocycles. The van der Waals surface area contributed by atoms with Crippen LogP contribution >= 0.6 is 0 Å². The second kappa shape index (κ2) is 6.28. The number of halogens is 1. The largest absolute Gasteiger partial charge is 0.361 e. The number of fused-ring (bicyclic) bond motifs is 2. The molecule has 0 aliphatic carbocycles. The Morgan fingerprint density at radius 2 is 1.96 bits per heavy atom. The summed E-state index contributed by atoms with van der Waals surface area (Å²) >= 11 is 0. The number of rotatable bonds is 2. The van der Waals surface area contributed by atoms with E-state index in [0.717, 1.165) is 23.2 Å². The second-order valence-corrected chi connectivity index (χ2v) is 7.20. The number of benzene rings is 2. The third-order valence-corrected chi connectivity index (χ3v) is 5.43. The number of hydrogen-bond acceptors (Lipinski definition) is 3. The van der Waals surface area contributed by atoms with Gasteiger partial charge in [0.1, 0.15) is 12.1 Å². The summed E-state index contributed by atoms with van der Waals surface area (Å²) < 4.78 is 15.4. The maximum absolute atomic E-state index is 15.4. The quantitative estimate of drug-likeness (QED) is 0.580. The van der Waals surface area contributed by atoms with E-state index in [1.165, 1.54) is 17.3 Å². The van der Waals surface area contributed by atoms with Crippen LogP contribution in [0.25, 0.3) is 22.0 Å². The normalized spacial score (nSPS) is 17.2. The van der Waals surface area contributed by atoms with Crippen molar-refractivity contribution in [3.8, 4) is 11.1 Å². The minimum Gasteiger partial charge on any atom is -0.361 e. The van der Waals surface area contributed by atoms with Crippen LogP contribution in [0.5, 0.6) is 0 Å². The van der Waals surface area contributed by atoms with Crippen LogP contribution < -0.4 is 0 Å². The Morgan fingerprint density at radius 3 is 2.81 bits per heavy atom. The van der Waals surface area contributed by atoms with Crippen LogP contribution in [0.3, 0.4) is 0 Å². The Balaban J connectivity index is 1.64. The predicted molar refractivity (Wildman–Crippen MR) is 104 cm³/mol. The molecule has 0 spiro atoms. The van der Waals surface area contributed by atoms with Crippen molar-refractivity contribution in [3.05, 3.63) is 83.8 Å². The fourth-order valence-corrected chi connectivity index (χ4v) is 4.10. The van der Waals surface area contributed by atoms with Gasteiger partial charge < -0.3 is 9.88 Å². The van der Waals surface area contributed by atoms with Gasteiger partial charge in [0, 0.05) is 59.8 Å². The van der Waals surface area contributed by atoms with Crippen LogP contribution in [0.4, 0.5) is 4.39 Å². The van der Waals surface area contributed by atoms with Gasteiger partial charge in [-0.25, -0.2) is 14.4 Å². The van der Waals surface area contributed by atoms with Crippen LogP contribution in [0.1, 0.15) is 22.6 Å². The molecule has 4 aromatic rings. The smallest absolute Gasteiger partial charge is 0.135 e. The topological polar surface area (TPSA) is 44.8 Å². The SMILES string of the molecule is CN1Cc2c(ccc(-c3cncnc3)c2F)C(c2ccc3cc[nH]c3c2)C1. The van der Waals surface area contributed by atoms with E-state index in [1.54, 1.807) is 12.4 Å². The molecule has 27 heavy (non-hydrogen) atoms. The number of nitrogens with zero attached hydrogens (tertiary/aromatic N) is 3. The summed E-state index contributed by atoms with van der Waals surface area (Å²) in [4.78, 5) is 13.5. The Morgan fingerprint density at radius 1 is 1.11 bits per heavy atom. The summed E-state index contributed by atoms with van der Waals surface area (Å²) in [6.45, 7) is 1.47. The van der Waals surface area contributed by atoms with E-state index >= 15 is 4.39 Å². The number of hydrogen-bond donors (Lipinski definition) is 1. The van der Waals surface area contributed by atoms with Crippen molar-refractivity contribution < 1.29 is 4.39 Å². The van der Waals surface area contributed by atoms with Crippen molar-refractivity contribution in [2.24, 2.45) is 0 Å². The van der Waals surface area contributed by atoms with Gasteiger partial charge in [-0.05, 0) is 35.7 Å². The van der Waals surface area contributed by atoms with E-state index in [0.29, 0.717) is 17.7 Å². The minimum absolute atomic E-state index is 0.141. The van der Waals surface area contributed by atoms with Crippen LogP contribution in [-0.2, 0) is 6.54 Å². The predicted octanol–water partition coefficient (Wildman–Crippen LogP) is 4.34. The zero-order valence-electron chi connectivity index (χ0n) is 15.0. The molecule has 0 fully saturated rings. The number of H-pyrrole nitrogens is 1. The van der Waals surface area contributed by atoms with Gasteiger partial charge in [0.05, 0.1) is 0 Å². The standard InChI is InChI=1S/C22H19FN4/c1-27-11-19(15-3-2-14-6-7-26-21(14)8-15)18-5-4-17(22(23)20(18)12-27)16-9-24-13-25-10-16/h2-10,13,19,26H,11-12H2,1H3. The van der Waals surface area contributed by atoms with E-state index in [-0.39, 0.29) is 11.7 Å². The molecule has 134 valence electrons. The molecular formula is C22H19FN4. The molecule has 0 radical (unpaired) electrons. The Kier molecular flexibility index (Phi) is 3.76. The molecule has 5 rings (SSSR count). The van der Waals surface area contributed by atoms with Gasteiger partial charge in [0.2, 0.25) is 0 Å². The molecule has 1 unspecified atom stereocenters. The van der Waals surface area contributed by atoms with E-state index < -0.39 is 0 Å². The molecule has 2 aromatic carbocycles. The van der Waals surface area contributed by atoms with Gasteiger partial charge >= 0.3 is 0 Å². The van der Waals surface area contributed by atoms with Gasteiger partial charge in [0.15, 0.2) is 0 Å². The summed E-state index contributed by atoms with van der Waals surface area (Å²) in [6, 6.07) is 12.4. The Hall–Kier alpha value is -3.05. The highest BCUT2D eigenvalue weighted by Crippen LogP contribution is 2.38. The molecule has 0 bridgehead atoms. The average molecular weight is 358 g/mol. The van der Waals surface area contributed by atoms with Crippen molar-refractivity contribution in [2.45, 2.75) is 12.5 Å². The fraction of sp³-hybridized carbons (Fsp3) is 0.182. The van der Waals surface area contributed by atoms with E-state index in [2.05, 4.69) is 50.2 Å². The first-order chi connectivity index (χ1) is 13.2. The Labute approximate surface area is 156 Å². The lowest BCUT2D eigenvalue weighted by Gasteiger charge is -2.33. The maximum atomic E-state index is 15.4. The maximum Gasteiger partial charge on any atom is 0.135 e. The van der Waals surface area contributed by atoms with Crippen molar-refractivity contribution in [1.82, 2.24) is 19.9 Å². The number of aromatic amines is 1. The van der Waals surface area contributed by atoms with Crippen LogP contribution in [0, 0.1) is 5.82 Å².